The van der Waals surface area contributed by atoms with Crippen molar-refractivity contribution in [3.8, 4) is 18.1 Å². The maximum absolute atomic E-state index is 6.08. The minimum absolute atomic E-state index is 0.0534. The topological polar surface area (TPSA) is 35.2 Å². The summed E-state index contributed by atoms with van der Waals surface area (Å²) in [6, 6.07) is 3.50. The van der Waals surface area contributed by atoms with E-state index in [2.05, 4.69) is 5.92 Å². The summed E-state index contributed by atoms with van der Waals surface area (Å²) in [5, 5.41) is 1.03. The lowest BCUT2D eigenvalue weighted by Crippen LogP contribution is -2.21. The molecule has 0 heterocycles. The molecule has 2 nitrogen and oxygen atoms in total. The molecule has 0 spiro atoms. The Hall–Kier alpha value is -0.880. The summed E-state index contributed by atoms with van der Waals surface area (Å²) in [4.78, 5) is 0. The highest BCUT2D eigenvalue weighted by molar-refractivity contribution is 6.35. The number of benzene rings is 1. The highest BCUT2D eigenvalue weighted by Crippen LogP contribution is 2.33. The Bertz CT molecular complexity index is 426. The van der Waals surface area contributed by atoms with Gasteiger partial charge >= 0.3 is 0 Å². The predicted molar refractivity (Wildman–Crippen MR) is 72.8 cm³/mol. The van der Waals surface area contributed by atoms with Gasteiger partial charge in [-0.05, 0) is 30.5 Å². The number of nitrogens with two attached hydrogens (primary N) is 1. The Balaban J connectivity index is 3.02. The Kier molecular flexibility index (Phi) is 5.64. The minimum Gasteiger partial charge on any atom is -0.479 e. The normalized spacial score (nSPS) is 11.9. The van der Waals surface area contributed by atoms with Gasteiger partial charge in [0.1, 0.15) is 12.4 Å². The average molecular weight is 272 g/mol. The minimum atomic E-state index is 0.0534. The van der Waals surface area contributed by atoms with E-state index >= 15 is 0 Å². The summed E-state index contributed by atoms with van der Waals surface area (Å²) < 4.78 is 5.44. The van der Waals surface area contributed by atoms with Gasteiger partial charge < -0.3 is 10.5 Å². The van der Waals surface area contributed by atoms with Crippen LogP contribution in [0.2, 0.25) is 10.0 Å². The summed E-state index contributed by atoms with van der Waals surface area (Å²) in [6.07, 6.45) is 6.70. The first-order chi connectivity index (χ1) is 8.08. The van der Waals surface area contributed by atoms with Gasteiger partial charge in [0.15, 0.2) is 0 Å². The molecule has 0 saturated heterocycles. The molecule has 0 amide bonds. The molecule has 0 radical (unpaired) electrons. The molecule has 1 atom stereocenters. The van der Waals surface area contributed by atoms with E-state index in [0.717, 1.165) is 12.0 Å². The molecule has 0 aromatic heterocycles. The van der Waals surface area contributed by atoms with Gasteiger partial charge in [-0.15, -0.1) is 6.42 Å². The maximum atomic E-state index is 6.08. The Labute approximate surface area is 112 Å². The largest absolute Gasteiger partial charge is 0.479 e. The lowest BCUT2D eigenvalue weighted by molar-refractivity contribution is 0.365. The van der Waals surface area contributed by atoms with Gasteiger partial charge in [0.25, 0.3) is 0 Å². The monoisotopic (exact) mass is 271 g/mol. The fraction of sp³-hybridized carbons (Fsp3) is 0.385. The summed E-state index contributed by atoms with van der Waals surface area (Å²) in [7, 11) is 0. The van der Waals surface area contributed by atoms with E-state index < -0.39 is 0 Å². The zero-order valence-corrected chi connectivity index (χ0v) is 11.2. The van der Waals surface area contributed by atoms with Crippen molar-refractivity contribution in [1.29, 1.82) is 0 Å². The van der Waals surface area contributed by atoms with Crippen molar-refractivity contribution in [2.24, 2.45) is 5.73 Å². The lowest BCUT2D eigenvalue weighted by atomic mass is 10.0. The third-order valence-corrected chi connectivity index (χ3v) is 2.89. The Morgan fingerprint density at radius 3 is 2.76 bits per heavy atom. The molecule has 0 aliphatic heterocycles. The summed E-state index contributed by atoms with van der Waals surface area (Å²) in [5.74, 6) is 2.99. The molecular formula is C13H15Cl2NO. The number of halogens is 2. The van der Waals surface area contributed by atoms with Crippen LogP contribution in [0.4, 0.5) is 0 Å². The highest BCUT2D eigenvalue weighted by Gasteiger charge is 2.13. The zero-order chi connectivity index (χ0) is 12.8. The van der Waals surface area contributed by atoms with E-state index in [1.807, 2.05) is 13.0 Å². The lowest BCUT2D eigenvalue weighted by Gasteiger charge is -2.15. The molecule has 17 heavy (non-hydrogen) atoms. The highest BCUT2D eigenvalue weighted by atomic mass is 35.5. The number of hydrogen-bond acceptors (Lipinski definition) is 2. The fourth-order valence-electron chi connectivity index (χ4n) is 1.47. The van der Waals surface area contributed by atoms with Crippen LogP contribution in [0.5, 0.6) is 5.75 Å². The Morgan fingerprint density at radius 1 is 1.47 bits per heavy atom. The summed E-state index contributed by atoms with van der Waals surface area (Å²) >= 11 is 12.0. The van der Waals surface area contributed by atoms with Gasteiger partial charge in [-0.25, -0.2) is 0 Å². The van der Waals surface area contributed by atoms with E-state index in [0.29, 0.717) is 22.2 Å². The van der Waals surface area contributed by atoms with E-state index in [-0.39, 0.29) is 12.6 Å². The second kappa shape index (κ2) is 6.76. The predicted octanol–water partition coefficient (Wildman–Crippen LogP) is 3.29. The molecule has 4 heteroatoms. The first kappa shape index (κ1) is 14.2. The van der Waals surface area contributed by atoms with Gasteiger partial charge in [0.05, 0.1) is 5.02 Å². The first-order valence-electron chi connectivity index (χ1n) is 5.38. The van der Waals surface area contributed by atoms with Crippen molar-refractivity contribution < 1.29 is 4.74 Å². The van der Waals surface area contributed by atoms with Gasteiger partial charge in [-0.1, -0.05) is 36.0 Å². The van der Waals surface area contributed by atoms with Crippen LogP contribution in [0.15, 0.2) is 12.1 Å². The second-order valence-corrected chi connectivity index (χ2v) is 4.58. The van der Waals surface area contributed by atoms with Gasteiger partial charge in [0.2, 0.25) is 0 Å². The molecule has 1 aromatic rings. The molecule has 0 saturated carbocycles. The molecule has 1 unspecified atom stereocenters. The fourth-order valence-corrected chi connectivity index (χ4v) is 2.06. The van der Waals surface area contributed by atoms with Crippen LogP contribution < -0.4 is 10.5 Å². The molecule has 1 aromatic carbocycles. The summed E-state index contributed by atoms with van der Waals surface area (Å²) in [6.45, 7) is 2.20. The molecule has 92 valence electrons. The molecule has 2 N–H and O–H groups in total. The van der Waals surface area contributed by atoms with E-state index in [4.69, 9.17) is 40.1 Å². The van der Waals surface area contributed by atoms with E-state index in [1.165, 1.54) is 0 Å². The number of terminal acetylenes is 1. The third-order valence-electron chi connectivity index (χ3n) is 2.39. The SMILES string of the molecule is C#CCOc1c(Cl)cc(Cl)cc1CC(N)CC. The van der Waals surface area contributed by atoms with Crippen LogP contribution >= 0.6 is 23.2 Å². The average Bonchev–Trinajstić information content (AvgIpc) is 2.27. The smallest absolute Gasteiger partial charge is 0.148 e. The van der Waals surface area contributed by atoms with Crippen LogP contribution in [-0.2, 0) is 6.42 Å². The van der Waals surface area contributed by atoms with Crippen molar-refractivity contribution in [3.63, 3.8) is 0 Å². The number of hydrogen-bond donors (Lipinski definition) is 1. The van der Waals surface area contributed by atoms with Crippen LogP contribution in [0.25, 0.3) is 0 Å². The van der Waals surface area contributed by atoms with Gasteiger partial charge in [-0.3, -0.25) is 0 Å². The molecule has 0 aliphatic rings. The maximum Gasteiger partial charge on any atom is 0.148 e. The zero-order valence-electron chi connectivity index (χ0n) is 9.67. The third kappa shape index (κ3) is 4.12. The van der Waals surface area contributed by atoms with Crippen LogP contribution in [0.1, 0.15) is 18.9 Å². The molecular weight excluding hydrogens is 257 g/mol. The summed E-state index contributed by atoms with van der Waals surface area (Å²) in [5.41, 5.74) is 6.82. The van der Waals surface area contributed by atoms with Crippen LogP contribution in [0.3, 0.4) is 0 Å². The van der Waals surface area contributed by atoms with Gasteiger partial charge in [0, 0.05) is 11.1 Å². The standard InChI is InChI=1S/C13H15Cl2NO/c1-3-5-17-13-9(7-11(16)4-2)6-10(14)8-12(13)15/h1,6,8,11H,4-5,7,16H2,2H3. The van der Waals surface area contributed by atoms with Crippen molar-refractivity contribution in [2.45, 2.75) is 25.8 Å². The second-order valence-electron chi connectivity index (χ2n) is 3.74. The van der Waals surface area contributed by atoms with E-state index in [1.54, 1.807) is 6.07 Å². The van der Waals surface area contributed by atoms with Crippen molar-refractivity contribution in [1.82, 2.24) is 0 Å². The quantitative estimate of drug-likeness (QED) is 0.835. The molecule has 1 rings (SSSR count). The van der Waals surface area contributed by atoms with E-state index in [9.17, 15) is 0 Å². The Morgan fingerprint density at radius 2 is 2.18 bits per heavy atom. The first-order valence-corrected chi connectivity index (χ1v) is 6.13. The molecule has 0 fully saturated rings. The van der Waals surface area contributed by atoms with Crippen molar-refractivity contribution in [2.75, 3.05) is 6.61 Å². The molecule has 0 bridgehead atoms. The van der Waals surface area contributed by atoms with Crippen molar-refractivity contribution >= 4 is 23.2 Å². The van der Waals surface area contributed by atoms with Crippen molar-refractivity contribution in [3.05, 3.63) is 27.7 Å². The van der Waals surface area contributed by atoms with Gasteiger partial charge in [-0.2, -0.15) is 0 Å². The molecule has 0 aliphatic carbocycles. The van der Waals surface area contributed by atoms with Crippen LogP contribution in [0, 0.1) is 12.3 Å². The van der Waals surface area contributed by atoms with Crippen LogP contribution in [-0.4, -0.2) is 12.6 Å². The number of rotatable bonds is 5. The number of ether oxygens (including phenoxy) is 1.